The third-order valence-corrected chi connectivity index (χ3v) is 2.87. The highest BCUT2D eigenvalue weighted by molar-refractivity contribution is 6.53. The first-order chi connectivity index (χ1) is 5.24. The van der Waals surface area contributed by atoms with Gasteiger partial charge < -0.3 is 17.7 Å². The van der Waals surface area contributed by atoms with Gasteiger partial charge in [0.15, 0.2) is 0 Å². The Labute approximate surface area is 67.5 Å². The van der Waals surface area contributed by atoms with Gasteiger partial charge in [0, 0.05) is 14.2 Å². The second-order valence-corrected chi connectivity index (χ2v) is 3.77. The monoisotopic (exact) mass is 176 g/mol. The van der Waals surface area contributed by atoms with Crippen LogP contribution in [0.3, 0.4) is 0 Å². The molecule has 0 saturated carbocycles. The summed E-state index contributed by atoms with van der Waals surface area (Å²) in [4.78, 5) is 0. The van der Waals surface area contributed by atoms with Crippen molar-refractivity contribution >= 4 is 9.05 Å². The van der Waals surface area contributed by atoms with Gasteiger partial charge in [-0.05, 0) is 0 Å². The Balaban J connectivity index is 4.17. The van der Waals surface area contributed by atoms with Crippen LogP contribution in [0.2, 0.25) is 0 Å². The molecule has 0 radical (unpaired) electrons. The lowest BCUT2D eigenvalue weighted by Crippen LogP contribution is -2.44. The van der Waals surface area contributed by atoms with Crippen LogP contribution in [-0.2, 0) is 17.7 Å². The molecule has 5 heteroatoms. The lowest BCUT2D eigenvalue weighted by molar-refractivity contribution is 0.0487. The van der Waals surface area contributed by atoms with Crippen LogP contribution >= 0.6 is 0 Å². The fraction of sp³-hybridized carbons (Fsp3) is 0.333. The Kier molecular flexibility index (Phi) is 4.59. The molecule has 64 valence electrons. The van der Waals surface area contributed by atoms with Crippen molar-refractivity contribution in [3.8, 4) is 0 Å². The van der Waals surface area contributed by atoms with Crippen molar-refractivity contribution in [2.45, 2.75) is 0 Å². The van der Waals surface area contributed by atoms with E-state index < -0.39 is 9.05 Å². The normalized spacial score (nSPS) is 10.4. The Morgan fingerprint density at radius 3 is 1.55 bits per heavy atom. The quantitative estimate of drug-likeness (QED) is 0.447. The van der Waals surface area contributed by atoms with E-state index in [0.717, 1.165) is 0 Å². The molecule has 0 rings (SSSR count). The molecule has 0 aliphatic rings. The highest BCUT2D eigenvalue weighted by Gasteiger charge is 2.47. The number of rotatable bonds is 6. The Morgan fingerprint density at radius 2 is 1.36 bits per heavy atom. The highest BCUT2D eigenvalue weighted by atomic mass is 28.4. The number of hydrogen-bond acceptors (Lipinski definition) is 4. The van der Waals surface area contributed by atoms with Crippen LogP contribution in [0.15, 0.2) is 25.7 Å². The zero-order chi connectivity index (χ0) is 8.74. The minimum absolute atomic E-state index is 1.21. The molecule has 0 N–H and O–H groups in total. The van der Waals surface area contributed by atoms with Crippen LogP contribution in [-0.4, -0.2) is 23.3 Å². The minimum Gasteiger partial charge on any atom is -0.478 e. The predicted molar refractivity (Wildman–Crippen MR) is 42.3 cm³/mol. The van der Waals surface area contributed by atoms with Crippen LogP contribution < -0.4 is 0 Å². The molecule has 0 aromatic carbocycles. The summed E-state index contributed by atoms with van der Waals surface area (Å²) in [6, 6.07) is 0. The van der Waals surface area contributed by atoms with Gasteiger partial charge in [-0.1, -0.05) is 13.2 Å². The van der Waals surface area contributed by atoms with Crippen molar-refractivity contribution in [1.29, 1.82) is 0 Å². The molecule has 0 amide bonds. The predicted octanol–water partition coefficient (Wildman–Crippen LogP) is 1.03. The second-order valence-electron chi connectivity index (χ2n) is 1.48. The molecule has 0 saturated heterocycles. The minimum atomic E-state index is -2.98. The van der Waals surface area contributed by atoms with Gasteiger partial charge in [-0.15, -0.1) is 0 Å². The molecule has 0 spiro atoms. The van der Waals surface area contributed by atoms with E-state index in [0.29, 0.717) is 0 Å². The van der Waals surface area contributed by atoms with Gasteiger partial charge in [-0.2, -0.15) is 0 Å². The Morgan fingerprint density at radius 1 is 1.00 bits per heavy atom. The maximum absolute atomic E-state index is 4.93. The van der Waals surface area contributed by atoms with Crippen LogP contribution in [0, 0.1) is 0 Å². The Hall–Kier alpha value is -0.783. The summed E-state index contributed by atoms with van der Waals surface area (Å²) in [5, 5.41) is 0. The van der Waals surface area contributed by atoms with E-state index in [-0.39, 0.29) is 0 Å². The maximum Gasteiger partial charge on any atom is 0.819 e. The smallest absolute Gasteiger partial charge is 0.478 e. The van der Waals surface area contributed by atoms with Crippen LogP contribution in [0.5, 0.6) is 0 Å². The van der Waals surface area contributed by atoms with E-state index in [1.165, 1.54) is 26.7 Å². The van der Waals surface area contributed by atoms with Crippen molar-refractivity contribution in [2.75, 3.05) is 14.2 Å². The van der Waals surface area contributed by atoms with E-state index >= 15 is 0 Å². The van der Waals surface area contributed by atoms with Gasteiger partial charge in [-0.25, -0.2) is 0 Å². The maximum atomic E-state index is 4.93. The lowest BCUT2D eigenvalue weighted by Gasteiger charge is -2.20. The third-order valence-electron chi connectivity index (χ3n) is 0.955. The summed E-state index contributed by atoms with van der Waals surface area (Å²) < 4.78 is 19.7. The summed E-state index contributed by atoms with van der Waals surface area (Å²) in [5.74, 6) is 0. The summed E-state index contributed by atoms with van der Waals surface area (Å²) in [5.41, 5.74) is 0. The molecule has 0 aliphatic heterocycles. The summed E-state index contributed by atoms with van der Waals surface area (Å²) >= 11 is 0. The van der Waals surface area contributed by atoms with E-state index in [1.807, 2.05) is 0 Å². The molecular weight excluding hydrogens is 164 g/mol. The molecular formula is C6H12O4Si. The van der Waals surface area contributed by atoms with Crippen LogP contribution in [0.4, 0.5) is 0 Å². The van der Waals surface area contributed by atoms with Gasteiger partial charge in [0.1, 0.15) is 0 Å². The van der Waals surface area contributed by atoms with E-state index in [4.69, 9.17) is 17.7 Å². The molecule has 0 heterocycles. The first-order valence-electron chi connectivity index (χ1n) is 2.92. The van der Waals surface area contributed by atoms with E-state index in [2.05, 4.69) is 13.2 Å². The molecule has 0 unspecified atom stereocenters. The molecule has 0 aromatic rings. The molecule has 0 atom stereocenters. The van der Waals surface area contributed by atoms with Crippen molar-refractivity contribution in [2.24, 2.45) is 0 Å². The molecule has 0 bridgehead atoms. The fourth-order valence-corrected chi connectivity index (χ4v) is 1.52. The van der Waals surface area contributed by atoms with Gasteiger partial charge in [0.25, 0.3) is 0 Å². The van der Waals surface area contributed by atoms with Gasteiger partial charge in [0.05, 0.1) is 12.5 Å². The third kappa shape index (κ3) is 2.75. The lowest BCUT2D eigenvalue weighted by atomic mass is 11.2. The summed E-state index contributed by atoms with van der Waals surface area (Å²) in [7, 11) is -0.113. The molecule has 11 heavy (non-hydrogen) atoms. The topological polar surface area (TPSA) is 36.9 Å². The van der Waals surface area contributed by atoms with Gasteiger partial charge in [0.2, 0.25) is 0 Å². The average Bonchev–Trinajstić information content (AvgIpc) is 2.04. The second kappa shape index (κ2) is 4.95. The first kappa shape index (κ1) is 10.2. The standard InChI is InChI=1S/C6H12O4Si/c1-5-9-11(7-3,8-4)10-6-2/h5-6H,1-2H2,3-4H3. The highest BCUT2D eigenvalue weighted by Crippen LogP contribution is 2.09. The van der Waals surface area contributed by atoms with Crippen LogP contribution in [0.25, 0.3) is 0 Å². The average molecular weight is 176 g/mol. The zero-order valence-corrected chi connectivity index (χ0v) is 7.70. The van der Waals surface area contributed by atoms with Crippen LogP contribution in [0.1, 0.15) is 0 Å². The fourth-order valence-electron chi connectivity index (χ4n) is 0.508. The van der Waals surface area contributed by atoms with Crippen molar-refractivity contribution < 1.29 is 17.7 Å². The SMILES string of the molecule is C=CO[Si](OC)(OC)OC=C. The largest absolute Gasteiger partial charge is 0.819 e. The van der Waals surface area contributed by atoms with Crippen molar-refractivity contribution in [3.63, 3.8) is 0 Å². The molecule has 0 aliphatic carbocycles. The molecule has 0 fully saturated rings. The zero-order valence-electron chi connectivity index (χ0n) is 6.70. The first-order valence-corrected chi connectivity index (χ1v) is 4.55. The molecule has 0 aromatic heterocycles. The van der Waals surface area contributed by atoms with Gasteiger partial charge >= 0.3 is 9.05 Å². The summed E-state index contributed by atoms with van der Waals surface area (Å²) in [6.07, 6.45) is 2.42. The van der Waals surface area contributed by atoms with Crippen molar-refractivity contribution in [1.82, 2.24) is 0 Å². The Bertz CT molecular complexity index is 121. The number of hydrogen-bond donors (Lipinski definition) is 0. The van der Waals surface area contributed by atoms with Gasteiger partial charge in [-0.3, -0.25) is 0 Å². The van der Waals surface area contributed by atoms with Crippen molar-refractivity contribution in [3.05, 3.63) is 25.7 Å². The van der Waals surface area contributed by atoms with E-state index in [1.54, 1.807) is 0 Å². The van der Waals surface area contributed by atoms with E-state index in [9.17, 15) is 0 Å². The molecule has 4 nitrogen and oxygen atoms in total. The summed E-state index contributed by atoms with van der Waals surface area (Å²) in [6.45, 7) is 6.72.